The van der Waals surface area contributed by atoms with Crippen LogP contribution in [-0.4, -0.2) is 22.2 Å². The minimum atomic E-state index is -0.440. The molecule has 0 saturated heterocycles. The number of hydrogen-bond donors (Lipinski definition) is 3. The molecular formula is C14H18BrN3O. The van der Waals surface area contributed by atoms with E-state index in [0.29, 0.717) is 5.69 Å². The number of rotatable bonds is 3. The second-order valence-electron chi connectivity index (χ2n) is 5.30. The van der Waals surface area contributed by atoms with Crippen molar-refractivity contribution in [2.75, 3.05) is 17.7 Å². The van der Waals surface area contributed by atoms with Crippen molar-refractivity contribution in [1.82, 2.24) is 4.98 Å². The number of aliphatic hydroxyl groups excluding tert-OH is 1. The Morgan fingerprint density at radius 2 is 2.11 bits per heavy atom. The van der Waals surface area contributed by atoms with Crippen LogP contribution >= 0.6 is 15.9 Å². The average molecular weight is 324 g/mol. The summed E-state index contributed by atoms with van der Waals surface area (Å²) in [6.45, 7) is 5.79. The van der Waals surface area contributed by atoms with Gasteiger partial charge in [0.25, 0.3) is 0 Å². The number of benzene rings is 1. The highest BCUT2D eigenvalue weighted by atomic mass is 79.9. The Morgan fingerprint density at radius 1 is 1.42 bits per heavy atom. The summed E-state index contributed by atoms with van der Waals surface area (Å²) in [5, 5.41) is 14.5. The third-order valence-electron chi connectivity index (χ3n) is 3.02. The molecule has 1 heterocycles. The Kier molecular flexibility index (Phi) is 3.69. The van der Waals surface area contributed by atoms with E-state index in [0.717, 1.165) is 26.8 Å². The molecule has 1 aromatic carbocycles. The van der Waals surface area contributed by atoms with Crippen LogP contribution in [0.2, 0.25) is 0 Å². The number of aliphatic hydroxyl groups is 1. The lowest BCUT2D eigenvalue weighted by atomic mass is 10.1. The first-order valence-electron chi connectivity index (χ1n) is 6.09. The normalized spacial score (nSPS) is 11.8. The van der Waals surface area contributed by atoms with Gasteiger partial charge >= 0.3 is 0 Å². The monoisotopic (exact) mass is 323 g/mol. The molecular weight excluding hydrogens is 306 g/mol. The number of hydrogen-bond acceptors (Lipinski definition) is 4. The minimum Gasteiger partial charge on any atom is -0.398 e. The lowest BCUT2D eigenvalue weighted by Gasteiger charge is -2.25. The van der Waals surface area contributed by atoms with Gasteiger partial charge in [0.1, 0.15) is 5.82 Å². The zero-order valence-electron chi connectivity index (χ0n) is 11.3. The predicted molar refractivity (Wildman–Crippen MR) is 83.4 cm³/mol. The molecule has 2 rings (SSSR count). The van der Waals surface area contributed by atoms with Crippen molar-refractivity contribution in [3.05, 3.63) is 28.4 Å². The van der Waals surface area contributed by atoms with Crippen molar-refractivity contribution >= 4 is 38.2 Å². The van der Waals surface area contributed by atoms with Gasteiger partial charge in [-0.1, -0.05) is 12.1 Å². The van der Waals surface area contributed by atoms with Crippen LogP contribution in [0, 0.1) is 6.92 Å². The fourth-order valence-electron chi connectivity index (χ4n) is 1.93. The molecule has 5 heteroatoms. The molecule has 0 amide bonds. The summed E-state index contributed by atoms with van der Waals surface area (Å²) >= 11 is 3.54. The van der Waals surface area contributed by atoms with Crippen LogP contribution in [0.15, 0.2) is 22.7 Å². The predicted octanol–water partition coefficient (Wildman–Crippen LogP) is 3.07. The molecule has 102 valence electrons. The Balaban J connectivity index is 2.69. The molecule has 0 unspecified atom stereocenters. The molecule has 0 fully saturated rings. The highest BCUT2D eigenvalue weighted by molar-refractivity contribution is 9.10. The van der Waals surface area contributed by atoms with Crippen molar-refractivity contribution in [1.29, 1.82) is 0 Å². The summed E-state index contributed by atoms with van der Waals surface area (Å²) in [6, 6.07) is 5.74. The maximum absolute atomic E-state index is 9.38. The first-order valence-corrected chi connectivity index (χ1v) is 6.88. The van der Waals surface area contributed by atoms with Crippen LogP contribution < -0.4 is 11.1 Å². The zero-order chi connectivity index (χ0) is 14.2. The van der Waals surface area contributed by atoms with Gasteiger partial charge in [0.05, 0.1) is 17.8 Å². The van der Waals surface area contributed by atoms with Crippen LogP contribution in [0.3, 0.4) is 0 Å². The number of nitrogens with one attached hydrogen (secondary N) is 1. The number of halogens is 1. The molecule has 0 spiro atoms. The number of nitrogen functional groups attached to an aromatic ring is 1. The zero-order valence-corrected chi connectivity index (χ0v) is 12.9. The third kappa shape index (κ3) is 2.67. The molecule has 4 N–H and O–H groups in total. The van der Waals surface area contributed by atoms with Crippen molar-refractivity contribution in [2.24, 2.45) is 0 Å². The van der Waals surface area contributed by atoms with Gasteiger partial charge in [-0.15, -0.1) is 0 Å². The number of fused-ring (bicyclic) bond motifs is 1. The smallest absolute Gasteiger partial charge is 0.134 e. The van der Waals surface area contributed by atoms with Gasteiger partial charge < -0.3 is 16.2 Å². The SMILES string of the molecule is Cc1nc(NC(C)(C)CO)c2cccc(N)c2c1Br. The number of aromatic nitrogens is 1. The summed E-state index contributed by atoms with van der Waals surface area (Å²) in [7, 11) is 0. The molecule has 4 nitrogen and oxygen atoms in total. The van der Waals surface area contributed by atoms with Gasteiger partial charge in [0.2, 0.25) is 0 Å². The molecule has 0 aliphatic heterocycles. The number of pyridine rings is 1. The quantitative estimate of drug-likeness (QED) is 0.759. The van der Waals surface area contributed by atoms with Crippen molar-refractivity contribution in [3.63, 3.8) is 0 Å². The fourth-order valence-corrected chi connectivity index (χ4v) is 2.46. The third-order valence-corrected chi connectivity index (χ3v) is 3.99. The summed E-state index contributed by atoms with van der Waals surface area (Å²) in [5.74, 6) is 0.738. The summed E-state index contributed by atoms with van der Waals surface area (Å²) in [6.07, 6.45) is 0. The molecule has 0 aliphatic rings. The maximum atomic E-state index is 9.38. The number of aryl methyl sites for hydroxylation is 1. The Labute approximate surface area is 121 Å². The first kappa shape index (κ1) is 14.1. The molecule has 0 radical (unpaired) electrons. The van der Waals surface area contributed by atoms with Crippen molar-refractivity contribution < 1.29 is 5.11 Å². The first-order chi connectivity index (χ1) is 8.85. The Hall–Kier alpha value is -1.33. The molecule has 2 aromatic rings. The van der Waals surface area contributed by atoms with Crippen LogP contribution in [-0.2, 0) is 0 Å². The standard InChI is InChI=1S/C14H18BrN3O/c1-8-12(15)11-9(5-4-6-10(11)16)13(17-8)18-14(2,3)7-19/h4-6,19H,7,16H2,1-3H3,(H,17,18). The second-order valence-corrected chi connectivity index (χ2v) is 6.09. The van der Waals surface area contributed by atoms with Crippen LogP contribution in [0.5, 0.6) is 0 Å². The molecule has 1 aromatic heterocycles. The topological polar surface area (TPSA) is 71.2 Å². The van der Waals surface area contributed by atoms with Crippen LogP contribution in [0.25, 0.3) is 10.8 Å². The summed E-state index contributed by atoms with van der Waals surface area (Å²) < 4.78 is 0.910. The van der Waals surface area contributed by atoms with Crippen LogP contribution in [0.4, 0.5) is 11.5 Å². The van der Waals surface area contributed by atoms with E-state index >= 15 is 0 Å². The number of anilines is 2. The van der Waals surface area contributed by atoms with Crippen molar-refractivity contribution in [3.8, 4) is 0 Å². The van der Waals surface area contributed by atoms with E-state index in [1.54, 1.807) is 0 Å². The highest BCUT2D eigenvalue weighted by Crippen LogP contribution is 2.35. The second kappa shape index (κ2) is 4.98. The van der Waals surface area contributed by atoms with E-state index in [1.807, 2.05) is 39.0 Å². The Morgan fingerprint density at radius 3 is 2.74 bits per heavy atom. The van der Waals surface area contributed by atoms with E-state index in [2.05, 4.69) is 26.2 Å². The van der Waals surface area contributed by atoms with Gasteiger partial charge in [0.15, 0.2) is 0 Å². The van der Waals surface area contributed by atoms with Gasteiger partial charge in [0, 0.05) is 20.9 Å². The molecule has 0 aliphatic carbocycles. The van der Waals surface area contributed by atoms with E-state index in [-0.39, 0.29) is 6.61 Å². The van der Waals surface area contributed by atoms with Crippen LogP contribution in [0.1, 0.15) is 19.5 Å². The maximum Gasteiger partial charge on any atom is 0.134 e. The van der Waals surface area contributed by atoms with Gasteiger partial charge in [-0.25, -0.2) is 4.98 Å². The van der Waals surface area contributed by atoms with E-state index in [4.69, 9.17) is 5.73 Å². The minimum absolute atomic E-state index is 0.0214. The highest BCUT2D eigenvalue weighted by Gasteiger charge is 2.19. The Bertz CT molecular complexity index is 626. The number of nitrogens with zero attached hydrogens (tertiary/aromatic N) is 1. The molecule has 19 heavy (non-hydrogen) atoms. The average Bonchev–Trinajstić information content (AvgIpc) is 2.35. The molecule has 0 bridgehead atoms. The summed E-state index contributed by atoms with van der Waals surface area (Å²) in [5.41, 5.74) is 7.19. The largest absolute Gasteiger partial charge is 0.398 e. The van der Waals surface area contributed by atoms with Crippen molar-refractivity contribution in [2.45, 2.75) is 26.3 Å². The van der Waals surface area contributed by atoms with Gasteiger partial charge in [-0.2, -0.15) is 0 Å². The molecule has 0 atom stereocenters. The van der Waals surface area contributed by atoms with E-state index in [9.17, 15) is 5.11 Å². The van der Waals surface area contributed by atoms with E-state index < -0.39 is 5.54 Å². The van der Waals surface area contributed by atoms with E-state index in [1.165, 1.54) is 0 Å². The fraction of sp³-hybridized carbons (Fsp3) is 0.357. The number of nitrogens with two attached hydrogens (primary N) is 1. The lowest BCUT2D eigenvalue weighted by molar-refractivity contribution is 0.234. The molecule has 0 saturated carbocycles. The van der Waals surface area contributed by atoms with Gasteiger partial charge in [-0.3, -0.25) is 0 Å². The summed E-state index contributed by atoms with van der Waals surface area (Å²) in [4.78, 5) is 4.55. The van der Waals surface area contributed by atoms with Gasteiger partial charge in [-0.05, 0) is 42.8 Å². The lowest BCUT2D eigenvalue weighted by Crippen LogP contribution is -2.35.